The SMILES string of the molecule is O=C(C1=CCCO1)c1cc(F)ccc1F. The van der Waals surface area contributed by atoms with Crippen LogP contribution in [0, 0.1) is 11.6 Å². The fourth-order valence-electron chi connectivity index (χ4n) is 1.38. The molecule has 4 heteroatoms. The second kappa shape index (κ2) is 3.81. The van der Waals surface area contributed by atoms with Crippen LogP contribution in [0.1, 0.15) is 16.8 Å². The van der Waals surface area contributed by atoms with Crippen LogP contribution in [-0.2, 0) is 4.74 Å². The molecule has 0 unspecified atom stereocenters. The van der Waals surface area contributed by atoms with Crippen molar-refractivity contribution in [3.05, 3.63) is 47.2 Å². The summed E-state index contributed by atoms with van der Waals surface area (Å²) in [5.41, 5.74) is -0.289. The average molecular weight is 210 g/mol. The van der Waals surface area contributed by atoms with Crippen LogP contribution in [0.2, 0.25) is 0 Å². The molecule has 1 aromatic carbocycles. The molecule has 1 aliphatic heterocycles. The van der Waals surface area contributed by atoms with E-state index < -0.39 is 17.4 Å². The standard InChI is InChI=1S/C11H8F2O2/c12-7-3-4-9(13)8(6-7)11(14)10-2-1-5-15-10/h2-4,6H,1,5H2. The van der Waals surface area contributed by atoms with Crippen molar-refractivity contribution in [3.8, 4) is 0 Å². The number of halogens is 2. The molecule has 0 aliphatic carbocycles. The molecular formula is C11H8F2O2. The Morgan fingerprint density at radius 2 is 2.13 bits per heavy atom. The van der Waals surface area contributed by atoms with E-state index in [-0.39, 0.29) is 11.3 Å². The Morgan fingerprint density at radius 3 is 2.80 bits per heavy atom. The Hall–Kier alpha value is -1.71. The fraction of sp³-hybridized carbons (Fsp3) is 0.182. The quantitative estimate of drug-likeness (QED) is 0.701. The molecule has 1 aromatic rings. The van der Waals surface area contributed by atoms with Gasteiger partial charge >= 0.3 is 0 Å². The van der Waals surface area contributed by atoms with Crippen LogP contribution in [0.3, 0.4) is 0 Å². The molecule has 0 amide bonds. The number of ketones is 1. The minimum absolute atomic E-state index is 0.0968. The summed E-state index contributed by atoms with van der Waals surface area (Å²) in [4.78, 5) is 11.6. The van der Waals surface area contributed by atoms with Gasteiger partial charge in [0.15, 0.2) is 5.76 Å². The van der Waals surface area contributed by atoms with Gasteiger partial charge < -0.3 is 4.74 Å². The summed E-state index contributed by atoms with van der Waals surface area (Å²) in [6.45, 7) is 0.415. The second-order valence-electron chi connectivity index (χ2n) is 3.16. The zero-order valence-corrected chi connectivity index (χ0v) is 7.80. The normalized spacial score (nSPS) is 14.7. The zero-order chi connectivity index (χ0) is 10.8. The number of allylic oxidation sites excluding steroid dienone is 1. The molecule has 1 aliphatic rings. The van der Waals surface area contributed by atoms with Crippen molar-refractivity contribution in [2.45, 2.75) is 6.42 Å². The first kappa shape index (κ1) is 9.83. The highest BCUT2D eigenvalue weighted by atomic mass is 19.1. The third-order valence-electron chi connectivity index (χ3n) is 2.10. The summed E-state index contributed by atoms with van der Waals surface area (Å²) in [7, 11) is 0. The van der Waals surface area contributed by atoms with Crippen LogP contribution in [-0.4, -0.2) is 12.4 Å². The van der Waals surface area contributed by atoms with Gasteiger partial charge in [0, 0.05) is 6.42 Å². The van der Waals surface area contributed by atoms with Crippen molar-refractivity contribution in [1.29, 1.82) is 0 Å². The maximum absolute atomic E-state index is 13.2. The van der Waals surface area contributed by atoms with E-state index >= 15 is 0 Å². The summed E-state index contributed by atoms with van der Waals surface area (Å²) in [6, 6.07) is 2.77. The van der Waals surface area contributed by atoms with E-state index in [1.54, 1.807) is 6.08 Å². The molecule has 0 bridgehead atoms. The molecule has 2 nitrogen and oxygen atoms in total. The van der Waals surface area contributed by atoms with E-state index in [1.807, 2.05) is 0 Å². The molecule has 2 rings (SSSR count). The highest BCUT2D eigenvalue weighted by Gasteiger charge is 2.20. The third kappa shape index (κ3) is 1.88. The first-order chi connectivity index (χ1) is 7.18. The lowest BCUT2D eigenvalue weighted by molar-refractivity contribution is 0.0938. The number of rotatable bonds is 2. The van der Waals surface area contributed by atoms with Crippen LogP contribution in [0.4, 0.5) is 8.78 Å². The maximum Gasteiger partial charge on any atom is 0.230 e. The first-order valence-corrected chi connectivity index (χ1v) is 4.51. The average Bonchev–Trinajstić information content (AvgIpc) is 2.74. The van der Waals surface area contributed by atoms with Crippen LogP contribution >= 0.6 is 0 Å². The molecule has 0 radical (unpaired) electrons. The molecule has 0 spiro atoms. The van der Waals surface area contributed by atoms with E-state index in [0.29, 0.717) is 13.0 Å². The van der Waals surface area contributed by atoms with Gasteiger partial charge in [0.05, 0.1) is 12.2 Å². The molecule has 0 fully saturated rings. The summed E-state index contributed by atoms with van der Waals surface area (Å²) < 4.78 is 31.0. The van der Waals surface area contributed by atoms with E-state index in [4.69, 9.17) is 4.74 Å². The molecule has 0 saturated heterocycles. The molecule has 0 aromatic heterocycles. The predicted molar refractivity (Wildman–Crippen MR) is 49.3 cm³/mol. The molecule has 1 heterocycles. The van der Waals surface area contributed by atoms with E-state index in [0.717, 1.165) is 18.2 Å². The monoisotopic (exact) mass is 210 g/mol. The molecule has 0 atom stereocenters. The smallest absolute Gasteiger partial charge is 0.230 e. The lowest BCUT2D eigenvalue weighted by atomic mass is 10.1. The van der Waals surface area contributed by atoms with Gasteiger partial charge in [-0.25, -0.2) is 8.78 Å². The molecule has 0 saturated carbocycles. The number of hydrogen-bond donors (Lipinski definition) is 0. The number of carbonyl (C=O) groups is 1. The first-order valence-electron chi connectivity index (χ1n) is 4.51. The Kier molecular flexibility index (Phi) is 2.49. The lowest BCUT2D eigenvalue weighted by Crippen LogP contribution is -2.07. The number of ether oxygens (including phenoxy) is 1. The van der Waals surface area contributed by atoms with Crippen LogP contribution in [0.5, 0.6) is 0 Å². The van der Waals surface area contributed by atoms with Crippen LogP contribution in [0.15, 0.2) is 30.0 Å². The number of carbonyl (C=O) groups excluding carboxylic acids is 1. The Balaban J connectivity index is 2.36. The predicted octanol–water partition coefficient (Wildman–Crippen LogP) is 2.45. The Bertz CT molecular complexity index is 438. The van der Waals surface area contributed by atoms with E-state index in [2.05, 4.69) is 0 Å². The van der Waals surface area contributed by atoms with Gasteiger partial charge in [0.2, 0.25) is 5.78 Å². The number of hydrogen-bond acceptors (Lipinski definition) is 2. The molecule has 0 N–H and O–H groups in total. The number of benzene rings is 1. The van der Waals surface area contributed by atoms with Crippen molar-refractivity contribution < 1.29 is 18.3 Å². The van der Waals surface area contributed by atoms with Crippen molar-refractivity contribution in [2.75, 3.05) is 6.61 Å². The summed E-state index contributed by atoms with van der Waals surface area (Å²) >= 11 is 0. The third-order valence-corrected chi connectivity index (χ3v) is 2.10. The van der Waals surface area contributed by atoms with E-state index in [1.165, 1.54) is 0 Å². The number of Topliss-reactive ketones (excluding diaryl/α,β-unsaturated/α-hetero) is 1. The van der Waals surface area contributed by atoms with Crippen molar-refractivity contribution >= 4 is 5.78 Å². The minimum Gasteiger partial charge on any atom is -0.489 e. The van der Waals surface area contributed by atoms with Crippen molar-refractivity contribution in [2.24, 2.45) is 0 Å². The Morgan fingerprint density at radius 1 is 1.33 bits per heavy atom. The lowest BCUT2D eigenvalue weighted by Gasteiger charge is -2.03. The zero-order valence-electron chi connectivity index (χ0n) is 7.80. The topological polar surface area (TPSA) is 26.3 Å². The Labute approximate surface area is 85.2 Å². The highest BCUT2D eigenvalue weighted by Crippen LogP contribution is 2.18. The van der Waals surface area contributed by atoms with Crippen LogP contribution in [0.25, 0.3) is 0 Å². The minimum atomic E-state index is -0.738. The summed E-state index contributed by atoms with van der Waals surface area (Å²) in [6.07, 6.45) is 2.20. The van der Waals surface area contributed by atoms with Crippen molar-refractivity contribution in [3.63, 3.8) is 0 Å². The van der Waals surface area contributed by atoms with Gasteiger partial charge in [-0.05, 0) is 24.3 Å². The van der Waals surface area contributed by atoms with Gasteiger partial charge in [0.25, 0.3) is 0 Å². The summed E-state index contributed by atoms with van der Waals surface area (Å²) in [5.74, 6) is -1.89. The largest absolute Gasteiger partial charge is 0.489 e. The molecular weight excluding hydrogens is 202 g/mol. The molecule has 78 valence electrons. The maximum atomic E-state index is 13.2. The second-order valence-corrected chi connectivity index (χ2v) is 3.16. The van der Waals surface area contributed by atoms with Gasteiger partial charge in [-0.1, -0.05) is 0 Å². The highest BCUT2D eigenvalue weighted by molar-refractivity contribution is 6.07. The summed E-state index contributed by atoms with van der Waals surface area (Å²) in [5, 5.41) is 0. The van der Waals surface area contributed by atoms with Gasteiger partial charge in [-0.2, -0.15) is 0 Å². The fourth-order valence-corrected chi connectivity index (χ4v) is 1.38. The van der Waals surface area contributed by atoms with Gasteiger partial charge in [-0.3, -0.25) is 4.79 Å². The van der Waals surface area contributed by atoms with Gasteiger partial charge in [-0.15, -0.1) is 0 Å². The van der Waals surface area contributed by atoms with Crippen LogP contribution < -0.4 is 0 Å². The van der Waals surface area contributed by atoms with Crippen molar-refractivity contribution in [1.82, 2.24) is 0 Å². The van der Waals surface area contributed by atoms with Gasteiger partial charge in [0.1, 0.15) is 11.6 Å². The molecule has 15 heavy (non-hydrogen) atoms. The van der Waals surface area contributed by atoms with E-state index in [9.17, 15) is 13.6 Å².